The van der Waals surface area contributed by atoms with E-state index in [9.17, 15) is 8.42 Å². The lowest BCUT2D eigenvalue weighted by Crippen LogP contribution is -2.39. The van der Waals surface area contributed by atoms with Crippen LogP contribution in [0.4, 0.5) is 0 Å². The molecule has 2 heterocycles. The number of aromatic nitrogens is 2. The molecule has 0 aliphatic carbocycles. The number of piperidine rings is 1. The Bertz CT molecular complexity index is 826. The second-order valence-electron chi connectivity index (χ2n) is 6.53. The lowest BCUT2D eigenvalue weighted by molar-refractivity contribution is 0.270. The monoisotopic (exact) mass is 379 g/mol. The van der Waals surface area contributed by atoms with Crippen LogP contribution < -0.4 is 4.74 Å². The topological polar surface area (TPSA) is 85.5 Å². The Labute approximate surface area is 154 Å². The maximum absolute atomic E-state index is 12.3. The Morgan fingerprint density at radius 2 is 2.08 bits per heavy atom. The van der Waals surface area contributed by atoms with Gasteiger partial charge in [0.25, 0.3) is 0 Å². The van der Waals surface area contributed by atoms with Crippen molar-refractivity contribution in [3.05, 3.63) is 30.2 Å². The first-order valence-corrected chi connectivity index (χ1v) is 10.6. The summed E-state index contributed by atoms with van der Waals surface area (Å²) in [6.07, 6.45) is 2.98. The van der Waals surface area contributed by atoms with E-state index in [2.05, 4.69) is 10.1 Å². The third kappa shape index (κ3) is 4.24. The van der Waals surface area contributed by atoms with Crippen LogP contribution in [-0.2, 0) is 10.0 Å². The Morgan fingerprint density at radius 3 is 2.77 bits per heavy atom. The highest BCUT2D eigenvalue weighted by molar-refractivity contribution is 7.89. The summed E-state index contributed by atoms with van der Waals surface area (Å²) >= 11 is 0. The van der Waals surface area contributed by atoms with Crippen LogP contribution in [0.2, 0.25) is 0 Å². The normalized spacial score (nSPS) is 16.7. The molecule has 2 aromatic rings. The quantitative estimate of drug-likeness (QED) is 0.735. The zero-order valence-electron chi connectivity index (χ0n) is 15.2. The van der Waals surface area contributed by atoms with Gasteiger partial charge in [-0.2, -0.15) is 4.98 Å². The second-order valence-corrected chi connectivity index (χ2v) is 8.62. The molecule has 0 spiro atoms. The number of methoxy groups -OCH3 is 1. The fourth-order valence-corrected chi connectivity index (χ4v) is 4.80. The zero-order valence-corrected chi connectivity index (χ0v) is 16.0. The zero-order chi connectivity index (χ0) is 18.6. The Kier molecular flexibility index (Phi) is 5.93. The molecule has 1 aromatic heterocycles. The maximum Gasteiger partial charge on any atom is 0.230 e. The van der Waals surface area contributed by atoms with Crippen LogP contribution in [-0.4, -0.2) is 48.8 Å². The Morgan fingerprint density at radius 1 is 1.31 bits per heavy atom. The summed E-state index contributed by atoms with van der Waals surface area (Å²) in [5.41, 5.74) is 0.832. The molecule has 142 valence electrons. The van der Waals surface area contributed by atoms with Crippen LogP contribution in [0.5, 0.6) is 5.75 Å². The van der Waals surface area contributed by atoms with Crippen molar-refractivity contribution in [1.82, 2.24) is 14.4 Å². The van der Waals surface area contributed by atoms with Crippen molar-refractivity contribution in [2.24, 2.45) is 0 Å². The van der Waals surface area contributed by atoms with Gasteiger partial charge < -0.3 is 9.26 Å². The summed E-state index contributed by atoms with van der Waals surface area (Å²) in [7, 11) is -1.53. The number of hydrogen-bond acceptors (Lipinski definition) is 6. The second kappa shape index (κ2) is 8.18. The molecule has 0 atom stereocenters. The molecule has 1 aromatic carbocycles. The summed E-state index contributed by atoms with van der Waals surface area (Å²) < 4.78 is 36.9. The molecule has 1 aliphatic rings. The van der Waals surface area contributed by atoms with E-state index in [-0.39, 0.29) is 11.7 Å². The SMILES string of the molecule is CCCCS(=O)(=O)N1CCC(c2nc(-c3cccc(OC)c3)no2)CC1. The fraction of sp³-hybridized carbons (Fsp3) is 0.556. The smallest absolute Gasteiger partial charge is 0.230 e. The first kappa shape index (κ1) is 18.8. The van der Waals surface area contributed by atoms with E-state index < -0.39 is 10.0 Å². The molecule has 1 fully saturated rings. The number of ether oxygens (including phenoxy) is 1. The van der Waals surface area contributed by atoms with E-state index in [1.807, 2.05) is 31.2 Å². The van der Waals surface area contributed by atoms with Gasteiger partial charge in [-0.15, -0.1) is 0 Å². The highest BCUT2D eigenvalue weighted by Crippen LogP contribution is 2.30. The van der Waals surface area contributed by atoms with Gasteiger partial charge in [0.2, 0.25) is 21.7 Å². The number of rotatable bonds is 7. The Hall–Kier alpha value is -1.93. The van der Waals surface area contributed by atoms with E-state index in [0.717, 1.165) is 17.7 Å². The van der Waals surface area contributed by atoms with Crippen LogP contribution in [0.15, 0.2) is 28.8 Å². The van der Waals surface area contributed by atoms with Gasteiger partial charge in [-0.1, -0.05) is 30.6 Å². The van der Waals surface area contributed by atoms with Gasteiger partial charge in [-0.25, -0.2) is 12.7 Å². The van der Waals surface area contributed by atoms with Gasteiger partial charge in [0.05, 0.1) is 12.9 Å². The van der Waals surface area contributed by atoms with Crippen LogP contribution in [0.3, 0.4) is 0 Å². The predicted molar refractivity (Wildman–Crippen MR) is 98.5 cm³/mol. The van der Waals surface area contributed by atoms with Gasteiger partial charge >= 0.3 is 0 Å². The molecular formula is C18H25N3O4S. The fourth-order valence-electron chi connectivity index (χ4n) is 3.12. The number of hydrogen-bond donors (Lipinski definition) is 0. The van der Waals surface area contributed by atoms with Gasteiger partial charge in [-0.05, 0) is 31.4 Å². The average Bonchev–Trinajstić information content (AvgIpc) is 3.17. The highest BCUT2D eigenvalue weighted by atomic mass is 32.2. The highest BCUT2D eigenvalue weighted by Gasteiger charge is 2.30. The number of benzene rings is 1. The van der Waals surface area contributed by atoms with E-state index in [4.69, 9.17) is 9.26 Å². The van der Waals surface area contributed by atoms with E-state index in [1.54, 1.807) is 11.4 Å². The number of nitrogens with zero attached hydrogens (tertiary/aromatic N) is 3. The molecule has 0 N–H and O–H groups in total. The van der Waals surface area contributed by atoms with Gasteiger partial charge in [-0.3, -0.25) is 0 Å². The standard InChI is InChI=1S/C18H25N3O4S/c1-3-4-12-26(22,23)21-10-8-14(9-11-21)18-19-17(20-25-18)15-6-5-7-16(13-15)24-2/h5-7,13-14H,3-4,8-12H2,1-2H3. The molecular weight excluding hydrogens is 354 g/mol. The molecule has 0 unspecified atom stereocenters. The van der Waals surface area contributed by atoms with Crippen molar-refractivity contribution in [2.75, 3.05) is 26.0 Å². The summed E-state index contributed by atoms with van der Waals surface area (Å²) in [6, 6.07) is 7.50. The first-order chi connectivity index (χ1) is 12.5. The predicted octanol–water partition coefficient (Wildman–Crippen LogP) is 3.05. The third-order valence-corrected chi connectivity index (χ3v) is 6.68. The van der Waals surface area contributed by atoms with Crippen molar-refractivity contribution >= 4 is 10.0 Å². The molecule has 7 nitrogen and oxygen atoms in total. The summed E-state index contributed by atoms with van der Waals surface area (Å²) in [6.45, 7) is 3.01. The largest absolute Gasteiger partial charge is 0.497 e. The van der Waals surface area contributed by atoms with E-state index >= 15 is 0 Å². The minimum atomic E-state index is -3.14. The van der Waals surface area contributed by atoms with Crippen molar-refractivity contribution in [1.29, 1.82) is 0 Å². The molecule has 1 saturated heterocycles. The van der Waals surface area contributed by atoms with Crippen molar-refractivity contribution in [2.45, 2.75) is 38.5 Å². The molecule has 8 heteroatoms. The molecule has 26 heavy (non-hydrogen) atoms. The molecule has 0 radical (unpaired) electrons. The average molecular weight is 379 g/mol. The third-order valence-electron chi connectivity index (χ3n) is 4.72. The minimum Gasteiger partial charge on any atom is -0.497 e. The molecule has 0 saturated carbocycles. The van der Waals surface area contributed by atoms with E-state index in [0.29, 0.717) is 44.1 Å². The minimum absolute atomic E-state index is 0.0967. The van der Waals surface area contributed by atoms with Crippen molar-refractivity contribution in [3.63, 3.8) is 0 Å². The van der Waals surface area contributed by atoms with E-state index in [1.165, 1.54) is 0 Å². The lowest BCUT2D eigenvalue weighted by Gasteiger charge is -2.29. The molecule has 0 amide bonds. The molecule has 1 aliphatic heterocycles. The maximum atomic E-state index is 12.3. The Balaban J connectivity index is 1.64. The van der Waals surface area contributed by atoms with Gasteiger partial charge in [0.15, 0.2) is 0 Å². The van der Waals surface area contributed by atoms with Crippen LogP contribution in [0.1, 0.15) is 44.4 Å². The first-order valence-electron chi connectivity index (χ1n) is 8.99. The molecule has 0 bridgehead atoms. The number of unbranched alkanes of at least 4 members (excludes halogenated alkanes) is 1. The summed E-state index contributed by atoms with van der Waals surface area (Å²) in [4.78, 5) is 4.52. The number of sulfonamides is 1. The van der Waals surface area contributed by atoms with Crippen molar-refractivity contribution < 1.29 is 17.7 Å². The summed E-state index contributed by atoms with van der Waals surface area (Å²) in [5, 5.41) is 4.07. The van der Waals surface area contributed by atoms with Gasteiger partial charge in [0, 0.05) is 24.6 Å². The van der Waals surface area contributed by atoms with Crippen LogP contribution in [0.25, 0.3) is 11.4 Å². The van der Waals surface area contributed by atoms with Crippen LogP contribution >= 0.6 is 0 Å². The van der Waals surface area contributed by atoms with Gasteiger partial charge in [0.1, 0.15) is 5.75 Å². The van der Waals surface area contributed by atoms with Crippen molar-refractivity contribution in [3.8, 4) is 17.1 Å². The van der Waals surface area contributed by atoms with Crippen LogP contribution in [0, 0.1) is 0 Å². The molecule has 3 rings (SSSR count). The summed E-state index contributed by atoms with van der Waals surface area (Å²) in [5.74, 6) is 2.17. The lowest BCUT2D eigenvalue weighted by atomic mass is 9.98.